The molecule has 2 aliphatic rings. The first-order valence-corrected chi connectivity index (χ1v) is 8.73. The number of hydrogen-bond donors (Lipinski definition) is 0. The van der Waals surface area contributed by atoms with Crippen molar-refractivity contribution < 1.29 is 14.2 Å². The third kappa shape index (κ3) is 3.87. The van der Waals surface area contributed by atoms with Crippen LogP contribution in [0.25, 0.3) is 0 Å². The van der Waals surface area contributed by atoms with E-state index in [1.807, 2.05) is 7.11 Å². The number of hydrogen-bond acceptors (Lipinski definition) is 4. The third-order valence-corrected chi connectivity index (χ3v) is 5.41. The van der Waals surface area contributed by atoms with Crippen molar-refractivity contribution in [2.45, 2.75) is 50.4 Å². The molecule has 0 aromatic heterocycles. The molecule has 4 heteroatoms. The molecule has 1 saturated carbocycles. The standard InChI is InChI=1S/C19H29NO3/c1-14(15-4-6-16(21-2)7-5-15)13-20-10-11-23-19-9-8-17(22-3)12-18(19)20/h4-7,14,17-19H,8-13H2,1-3H3/t14-,17+,18-,19-/m1/s1. The molecule has 1 aromatic rings. The van der Waals surface area contributed by atoms with Crippen LogP contribution in [0.4, 0.5) is 0 Å². The summed E-state index contributed by atoms with van der Waals surface area (Å²) in [6.07, 6.45) is 4.11. The van der Waals surface area contributed by atoms with Crippen LogP contribution in [-0.2, 0) is 9.47 Å². The fourth-order valence-corrected chi connectivity index (χ4v) is 3.98. The van der Waals surface area contributed by atoms with Gasteiger partial charge in [-0.3, -0.25) is 4.90 Å². The summed E-state index contributed by atoms with van der Waals surface area (Å²) < 4.78 is 16.9. The maximum absolute atomic E-state index is 6.01. The lowest BCUT2D eigenvalue weighted by Gasteiger charge is -2.46. The smallest absolute Gasteiger partial charge is 0.118 e. The summed E-state index contributed by atoms with van der Waals surface area (Å²) in [5.74, 6) is 1.42. The van der Waals surface area contributed by atoms with Crippen molar-refractivity contribution in [2.75, 3.05) is 33.9 Å². The molecular weight excluding hydrogens is 290 g/mol. The Balaban J connectivity index is 1.64. The van der Waals surface area contributed by atoms with Gasteiger partial charge >= 0.3 is 0 Å². The van der Waals surface area contributed by atoms with Crippen LogP contribution in [0, 0.1) is 0 Å². The highest BCUT2D eigenvalue weighted by molar-refractivity contribution is 5.29. The Morgan fingerprint density at radius 3 is 2.70 bits per heavy atom. The van der Waals surface area contributed by atoms with Crippen LogP contribution in [0.1, 0.15) is 37.7 Å². The van der Waals surface area contributed by atoms with Gasteiger partial charge in [-0.15, -0.1) is 0 Å². The summed E-state index contributed by atoms with van der Waals surface area (Å²) in [5, 5.41) is 0. The summed E-state index contributed by atoms with van der Waals surface area (Å²) in [5.41, 5.74) is 1.37. The van der Waals surface area contributed by atoms with Crippen LogP contribution in [0.5, 0.6) is 5.75 Å². The number of methoxy groups -OCH3 is 2. The SMILES string of the molecule is COc1ccc([C@H](C)CN2CCO[C@@H]3CC[C@H](OC)C[C@H]32)cc1. The van der Waals surface area contributed by atoms with Crippen LogP contribution in [-0.4, -0.2) is 57.1 Å². The summed E-state index contributed by atoms with van der Waals surface area (Å²) in [7, 11) is 3.54. The Labute approximate surface area is 139 Å². The molecule has 128 valence electrons. The molecule has 3 rings (SSSR count). The monoisotopic (exact) mass is 319 g/mol. The largest absolute Gasteiger partial charge is 0.497 e. The van der Waals surface area contributed by atoms with Crippen molar-refractivity contribution in [3.8, 4) is 5.75 Å². The molecule has 0 bridgehead atoms. The van der Waals surface area contributed by atoms with Crippen molar-refractivity contribution in [3.63, 3.8) is 0 Å². The van der Waals surface area contributed by atoms with E-state index in [1.54, 1.807) is 7.11 Å². The molecule has 4 nitrogen and oxygen atoms in total. The lowest BCUT2D eigenvalue weighted by atomic mass is 9.87. The van der Waals surface area contributed by atoms with E-state index >= 15 is 0 Å². The van der Waals surface area contributed by atoms with Gasteiger partial charge in [-0.05, 0) is 42.9 Å². The molecule has 0 spiro atoms. The molecule has 0 N–H and O–H groups in total. The normalized spacial score (nSPS) is 29.8. The molecule has 1 heterocycles. The van der Waals surface area contributed by atoms with E-state index in [9.17, 15) is 0 Å². The van der Waals surface area contributed by atoms with E-state index in [1.165, 1.54) is 5.56 Å². The van der Waals surface area contributed by atoms with Crippen molar-refractivity contribution in [2.24, 2.45) is 0 Å². The van der Waals surface area contributed by atoms with E-state index in [4.69, 9.17) is 14.2 Å². The van der Waals surface area contributed by atoms with E-state index in [-0.39, 0.29) is 0 Å². The van der Waals surface area contributed by atoms with Gasteiger partial charge in [-0.25, -0.2) is 0 Å². The zero-order valence-electron chi connectivity index (χ0n) is 14.5. The zero-order valence-corrected chi connectivity index (χ0v) is 14.5. The Morgan fingerprint density at radius 1 is 1.22 bits per heavy atom. The summed E-state index contributed by atoms with van der Waals surface area (Å²) in [6.45, 7) is 5.27. The van der Waals surface area contributed by atoms with E-state index in [2.05, 4.69) is 36.1 Å². The predicted octanol–water partition coefficient (Wildman–Crippen LogP) is 3.07. The number of ether oxygens (including phenoxy) is 3. The molecular formula is C19H29NO3. The Bertz CT molecular complexity index is 490. The van der Waals surface area contributed by atoms with E-state index in [0.29, 0.717) is 24.2 Å². The molecule has 1 saturated heterocycles. The predicted molar refractivity (Wildman–Crippen MR) is 91.2 cm³/mol. The number of rotatable bonds is 5. The Kier molecular flexibility index (Phi) is 5.57. The lowest BCUT2D eigenvalue weighted by molar-refractivity contribution is -0.114. The first-order chi connectivity index (χ1) is 11.2. The average molecular weight is 319 g/mol. The van der Waals surface area contributed by atoms with Crippen LogP contribution >= 0.6 is 0 Å². The fraction of sp³-hybridized carbons (Fsp3) is 0.684. The van der Waals surface area contributed by atoms with Gasteiger partial charge in [0.15, 0.2) is 0 Å². The highest BCUT2D eigenvalue weighted by Gasteiger charge is 2.38. The van der Waals surface area contributed by atoms with E-state index < -0.39 is 0 Å². The molecule has 1 aliphatic carbocycles. The number of nitrogens with zero attached hydrogens (tertiary/aromatic N) is 1. The molecule has 1 aromatic carbocycles. The summed E-state index contributed by atoms with van der Waals surface area (Å²) in [4.78, 5) is 2.62. The molecule has 0 radical (unpaired) electrons. The first kappa shape index (κ1) is 16.7. The minimum absolute atomic E-state index is 0.386. The fourth-order valence-electron chi connectivity index (χ4n) is 3.98. The number of fused-ring (bicyclic) bond motifs is 1. The second kappa shape index (κ2) is 7.65. The van der Waals surface area contributed by atoms with Crippen LogP contribution in [0.15, 0.2) is 24.3 Å². The quantitative estimate of drug-likeness (QED) is 0.834. The second-order valence-corrected chi connectivity index (χ2v) is 6.82. The number of morpholine rings is 1. The van der Waals surface area contributed by atoms with Gasteiger partial charge in [0, 0.05) is 26.2 Å². The number of benzene rings is 1. The van der Waals surface area contributed by atoms with Crippen molar-refractivity contribution in [1.82, 2.24) is 4.90 Å². The van der Waals surface area contributed by atoms with E-state index in [0.717, 1.165) is 44.7 Å². The highest BCUT2D eigenvalue weighted by Crippen LogP contribution is 2.31. The van der Waals surface area contributed by atoms with Crippen LogP contribution in [0.2, 0.25) is 0 Å². The highest BCUT2D eigenvalue weighted by atomic mass is 16.5. The maximum Gasteiger partial charge on any atom is 0.118 e. The summed E-state index contributed by atoms with van der Waals surface area (Å²) >= 11 is 0. The molecule has 0 unspecified atom stereocenters. The van der Waals surface area contributed by atoms with Crippen LogP contribution < -0.4 is 4.74 Å². The van der Waals surface area contributed by atoms with Crippen molar-refractivity contribution in [3.05, 3.63) is 29.8 Å². The Morgan fingerprint density at radius 2 is 2.00 bits per heavy atom. The van der Waals surface area contributed by atoms with Gasteiger partial charge in [-0.2, -0.15) is 0 Å². The van der Waals surface area contributed by atoms with Gasteiger partial charge < -0.3 is 14.2 Å². The van der Waals surface area contributed by atoms with Gasteiger partial charge in [0.05, 0.1) is 25.9 Å². The lowest BCUT2D eigenvalue weighted by Crippen LogP contribution is -2.55. The minimum Gasteiger partial charge on any atom is -0.497 e. The molecule has 4 atom stereocenters. The van der Waals surface area contributed by atoms with Gasteiger partial charge in [0.1, 0.15) is 5.75 Å². The third-order valence-electron chi connectivity index (χ3n) is 5.41. The topological polar surface area (TPSA) is 30.9 Å². The Hall–Kier alpha value is -1.10. The molecule has 0 amide bonds. The van der Waals surface area contributed by atoms with Gasteiger partial charge in [0.25, 0.3) is 0 Å². The zero-order chi connectivity index (χ0) is 16.2. The minimum atomic E-state index is 0.386. The van der Waals surface area contributed by atoms with Gasteiger partial charge in [0.2, 0.25) is 0 Å². The second-order valence-electron chi connectivity index (χ2n) is 6.82. The average Bonchev–Trinajstić information content (AvgIpc) is 2.61. The molecule has 2 fully saturated rings. The van der Waals surface area contributed by atoms with Gasteiger partial charge in [-0.1, -0.05) is 19.1 Å². The first-order valence-electron chi connectivity index (χ1n) is 8.73. The maximum atomic E-state index is 6.01. The van der Waals surface area contributed by atoms with Crippen LogP contribution in [0.3, 0.4) is 0 Å². The summed E-state index contributed by atoms with van der Waals surface area (Å²) in [6, 6.07) is 8.97. The van der Waals surface area contributed by atoms with Crippen molar-refractivity contribution >= 4 is 0 Å². The molecule has 1 aliphatic heterocycles. The van der Waals surface area contributed by atoms with Crippen molar-refractivity contribution in [1.29, 1.82) is 0 Å². The molecule has 23 heavy (non-hydrogen) atoms.